The van der Waals surface area contributed by atoms with Gasteiger partial charge in [0.25, 0.3) is 0 Å². The van der Waals surface area contributed by atoms with Crippen molar-refractivity contribution in [1.29, 1.82) is 0 Å². The highest BCUT2D eigenvalue weighted by Gasteiger charge is 2.24. The van der Waals surface area contributed by atoms with Crippen LogP contribution in [0.2, 0.25) is 0 Å². The van der Waals surface area contributed by atoms with E-state index < -0.39 is 0 Å². The van der Waals surface area contributed by atoms with Gasteiger partial charge in [-0.1, -0.05) is 0 Å². The number of likely N-dealkylation sites (tertiary alicyclic amines) is 1. The van der Waals surface area contributed by atoms with E-state index in [0.29, 0.717) is 12.0 Å². The Kier molecular flexibility index (Phi) is 2.77. The minimum absolute atomic E-state index is 0.487. The van der Waals surface area contributed by atoms with Crippen molar-refractivity contribution in [2.45, 2.75) is 38.6 Å². The van der Waals surface area contributed by atoms with Crippen LogP contribution >= 0.6 is 0 Å². The number of H-pyrrole nitrogens is 1. The number of hydrogen-bond acceptors (Lipinski definition) is 4. The molecule has 0 saturated carbocycles. The maximum absolute atomic E-state index is 3.99. The minimum atomic E-state index is 0.487. The zero-order chi connectivity index (χ0) is 9.97. The van der Waals surface area contributed by atoms with Crippen LogP contribution in [0.25, 0.3) is 0 Å². The van der Waals surface area contributed by atoms with Gasteiger partial charge in [-0.15, -0.1) is 5.10 Å². The van der Waals surface area contributed by atoms with E-state index in [4.69, 9.17) is 0 Å². The van der Waals surface area contributed by atoms with Crippen molar-refractivity contribution in [3.8, 4) is 0 Å². The molecule has 0 unspecified atom stereocenters. The number of aromatic amines is 1. The lowest BCUT2D eigenvalue weighted by molar-refractivity contribution is 0.165. The first-order valence-corrected chi connectivity index (χ1v) is 5.25. The summed E-state index contributed by atoms with van der Waals surface area (Å²) in [4.78, 5) is 2.48. The first-order valence-electron chi connectivity index (χ1n) is 5.25. The van der Waals surface area contributed by atoms with Crippen molar-refractivity contribution in [3.63, 3.8) is 0 Å². The summed E-state index contributed by atoms with van der Waals surface area (Å²) in [5.74, 6) is 1.43. The second kappa shape index (κ2) is 4.04. The third-order valence-electron chi connectivity index (χ3n) is 2.93. The highest BCUT2D eigenvalue weighted by Crippen LogP contribution is 2.24. The van der Waals surface area contributed by atoms with E-state index in [1.54, 1.807) is 0 Å². The lowest BCUT2D eigenvalue weighted by Crippen LogP contribution is -2.39. The standard InChI is InChI=1S/C9H17N5/c1-7(2)14-5-3-4-8(6-14)9-10-12-13-11-9/h7-8H,3-6H2,1-2H3,(H,10,11,12,13)/t8-/m1/s1. The minimum Gasteiger partial charge on any atom is -0.300 e. The molecule has 1 aliphatic heterocycles. The van der Waals surface area contributed by atoms with Crippen molar-refractivity contribution >= 4 is 0 Å². The Labute approximate surface area is 83.9 Å². The van der Waals surface area contributed by atoms with Crippen LogP contribution in [0.15, 0.2) is 0 Å². The SMILES string of the molecule is CC(C)N1CCC[C@@H](c2nnn[nH]2)C1. The Morgan fingerprint density at radius 3 is 3.00 bits per heavy atom. The van der Waals surface area contributed by atoms with Gasteiger partial charge in [-0.2, -0.15) is 0 Å². The molecule has 1 N–H and O–H groups in total. The normalized spacial score (nSPS) is 24.4. The Bertz CT molecular complexity index is 269. The third kappa shape index (κ3) is 1.92. The molecule has 1 aliphatic rings. The van der Waals surface area contributed by atoms with Gasteiger partial charge in [0.2, 0.25) is 0 Å². The predicted molar refractivity (Wildman–Crippen MR) is 52.9 cm³/mol. The van der Waals surface area contributed by atoms with Crippen LogP contribution in [0.5, 0.6) is 0 Å². The number of piperidine rings is 1. The van der Waals surface area contributed by atoms with Crippen molar-refractivity contribution < 1.29 is 0 Å². The van der Waals surface area contributed by atoms with Crippen LogP contribution in [0.1, 0.15) is 38.4 Å². The van der Waals surface area contributed by atoms with E-state index in [-0.39, 0.29) is 0 Å². The number of tetrazole rings is 1. The molecular weight excluding hydrogens is 178 g/mol. The molecule has 1 fully saturated rings. The summed E-state index contributed by atoms with van der Waals surface area (Å²) in [5, 5.41) is 14.1. The van der Waals surface area contributed by atoms with Crippen molar-refractivity contribution in [2.75, 3.05) is 13.1 Å². The summed E-state index contributed by atoms with van der Waals surface area (Å²) in [5.41, 5.74) is 0. The summed E-state index contributed by atoms with van der Waals surface area (Å²) in [6.07, 6.45) is 2.43. The molecule has 1 atom stereocenters. The fourth-order valence-electron chi connectivity index (χ4n) is 2.04. The molecule has 14 heavy (non-hydrogen) atoms. The van der Waals surface area contributed by atoms with Crippen LogP contribution in [0.4, 0.5) is 0 Å². The lowest BCUT2D eigenvalue weighted by Gasteiger charge is -2.34. The van der Waals surface area contributed by atoms with E-state index in [2.05, 4.69) is 39.4 Å². The topological polar surface area (TPSA) is 57.7 Å². The van der Waals surface area contributed by atoms with Gasteiger partial charge >= 0.3 is 0 Å². The van der Waals surface area contributed by atoms with Gasteiger partial charge in [-0.05, 0) is 43.7 Å². The summed E-state index contributed by atoms with van der Waals surface area (Å²) in [6, 6.07) is 0.619. The van der Waals surface area contributed by atoms with Crippen LogP contribution in [-0.2, 0) is 0 Å². The van der Waals surface area contributed by atoms with E-state index in [0.717, 1.165) is 12.4 Å². The summed E-state index contributed by atoms with van der Waals surface area (Å²) in [6.45, 7) is 6.76. The molecule has 0 bridgehead atoms. The quantitative estimate of drug-likeness (QED) is 0.758. The second-order valence-electron chi connectivity index (χ2n) is 4.21. The van der Waals surface area contributed by atoms with Gasteiger partial charge in [0.1, 0.15) is 0 Å². The van der Waals surface area contributed by atoms with Gasteiger partial charge in [-0.3, -0.25) is 0 Å². The van der Waals surface area contributed by atoms with Gasteiger partial charge in [-0.25, -0.2) is 5.10 Å². The monoisotopic (exact) mass is 195 g/mol. The summed E-state index contributed by atoms with van der Waals surface area (Å²) in [7, 11) is 0. The van der Waals surface area contributed by atoms with Crippen molar-refractivity contribution in [3.05, 3.63) is 5.82 Å². The van der Waals surface area contributed by atoms with E-state index in [1.807, 2.05) is 0 Å². The molecule has 1 saturated heterocycles. The molecule has 1 aromatic rings. The molecule has 0 amide bonds. The van der Waals surface area contributed by atoms with Crippen LogP contribution in [-0.4, -0.2) is 44.7 Å². The average molecular weight is 195 g/mol. The van der Waals surface area contributed by atoms with Crippen LogP contribution in [0, 0.1) is 0 Å². The predicted octanol–water partition coefficient (Wildman–Crippen LogP) is 0.787. The fraction of sp³-hybridized carbons (Fsp3) is 0.889. The van der Waals surface area contributed by atoms with E-state index in [9.17, 15) is 0 Å². The molecule has 0 spiro atoms. The number of hydrogen-bond donors (Lipinski definition) is 1. The highest BCUT2D eigenvalue weighted by molar-refractivity contribution is 4.95. The molecule has 2 heterocycles. The van der Waals surface area contributed by atoms with Crippen molar-refractivity contribution in [1.82, 2.24) is 25.5 Å². The Morgan fingerprint density at radius 2 is 2.36 bits per heavy atom. The zero-order valence-corrected chi connectivity index (χ0v) is 8.77. The molecule has 1 aromatic heterocycles. The molecule has 78 valence electrons. The second-order valence-corrected chi connectivity index (χ2v) is 4.21. The van der Waals surface area contributed by atoms with Gasteiger partial charge in [0.15, 0.2) is 5.82 Å². The van der Waals surface area contributed by atoms with Gasteiger partial charge in [0.05, 0.1) is 0 Å². The van der Waals surface area contributed by atoms with Gasteiger partial charge < -0.3 is 4.90 Å². The van der Waals surface area contributed by atoms with Crippen LogP contribution < -0.4 is 0 Å². The summed E-state index contributed by atoms with van der Waals surface area (Å²) < 4.78 is 0. The molecule has 0 radical (unpaired) electrons. The molecule has 0 aromatic carbocycles. The van der Waals surface area contributed by atoms with E-state index >= 15 is 0 Å². The maximum Gasteiger partial charge on any atom is 0.152 e. The third-order valence-corrected chi connectivity index (χ3v) is 2.93. The van der Waals surface area contributed by atoms with Crippen LogP contribution in [0.3, 0.4) is 0 Å². The molecule has 0 aliphatic carbocycles. The lowest BCUT2D eigenvalue weighted by atomic mass is 9.96. The average Bonchev–Trinajstić information content (AvgIpc) is 2.71. The molecular formula is C9H17N5. The summed E-state index contributed by atoms with van der Waals surface area (Å²) >= 11 is 0. The Balaban J connectivity index is 2.01. The fourth-order valence-corrected chi connectivity index (χ4v) is 2.04. The van der Waals surface area contributed by atoms with Crippen molar-refractivity contribution in [2.24, 2.45) is 0 Å². The first-order chi connectivity index (χ1) is 6.77. The zero-order valence-electron chi connectivity index (χ0n) is 8.77. The van der Waals surface area contributed by atoms with Gasteiger partial charge in [0, 0.05) is 18.5 Å². The number of aromatic nitrogens is 4. The molecule has 2 rings (SSSR count). The smallest absolute Gasteiger partial charge is 0.152 e. The van der Waals surface area contributed by atoms with E-state index in [1.165, 1.54) is 19.4 Å². The number of rotatable bonds is 2. The maximum atomic E-state index is 3.99. The highest BCUT2D eigenvalue weighted by atomic mass is 15.5. The Morgan fingerprint density at radius 1 is 1.50 bits per heavy atom. The number of nitrogens with zero attached hydrogens (tertiary/aromatic N) is 4. The molecule has 5 nitrogen and oxygen atoms in total. The number of nitrogens with one attached hydrogen (secondary N) is 1. The first kappa shape index (κ1) is 9.58. The molecule has 5 heteroatoms. The Hall–Kier alpha value is -0.970. The largest absolute Gasteiger partial charge is 0.300 e.